The van der Waals surface area contributed by atoms with Gasteiger partial charge < -0.3 is 11.1 Å². The van der Waals surface area contributed by atoms with Crippen molar-refractivity contribution in [1.82, 2.24) is 5.32 Å². The maximum Gasteiger partial charge on any atom is 0.221 e. The topological polar surface area (TPSA) is 55.1 Å². The Bertz CT molecular complexity index is 324. The zero-order chi connectivity index (χ0) is 12.0. The summed E-state index contributed by atoms with van der Waals surface area (Å²) in [6.07, 6.45) is 0.965. The maximum absolute atomic E-state index is 10.9. The van der Waals surface area contributed by atoms with Gasteiger partial charge >= 0.3 is 0 Å². The lowest BCUT2D eigenvalue weighted by Crippen LogP contribution is -2.36. The minimum absolute atomic E-state index is 0.113. The molecule has 2 unspecified atom stereocenters. The van der Waals surface area contributed by atoms with Gasteiger partial charge in [-0.1, -0.05) is 37.3 Å². The number of amides is 1. The molecule has 88 valence electrons. The number of primary amides is 1. The van der Waals surface area contributed by atoms with Gasteiger partial charge in [0.1, 0.15) is 0 Å². The first-order valence-corrected chi connectivity index (χ1v) is 5.66. The Labute approximate surface area is 97.0 Å². The summed E-state index contributed by atoms with van der Waals surface area (Å²) in [6.45, 7) is 4.59. The molecule has 3 heteroatoms. The number of carbonyl (C=O) groups is 1. The zero-order valence-corrected chi connectivity index (χ0v) is 9.94. The Morgan fingerprint density at radius 2 is 1.94 bits per heavy atom. The minimum atomic E-state index is -0.251. The van der Waals surface area contributed by atoms with Crippen molar-refractivity contribution in [1.29, 1.82) is 0 Å². The highest BCUT2D eigenvalue weighted by Crippen LogP contribution is 2.03. The fourth-order valence-corrected chi connectivity index (χ4v) is 1.52. The summed E-state index contributed by atoms with van der Waals surface area (Å²) in [5.74, 6) is -0.363. The summed E-state index contributed by atoms with van der Waals surface area (Å²) in [5.41, 5.74) is 6.50. The van der Waals surface area contributed by atoms with Crippen LogP contribution in [-0.2, 0) is 11.2 Å². The van der Waals surface area contributed by atoms with Crippen LogP contribution in [0.2, 0.25) is 0 Å². The van der Waals surface area contributed by atoms with Gasteiger partial charge in [-0.15, -0.1) is 0 Å². The normalized spacial score (nSPS) is 14.4. The van der Waals surface area contributed by atoms with E-state index in [0.29, 0.717) is 12.6 Å². The molecule has 0 aliphatic rings. The molecule has 16 heavy (non-hydrogen) atoms. The first-order chi connectivity index (χ1) is 7.59. The summed E-state index contributed by atoms with van der Waals surface area (Å²) < 4.78 is 0. The van der Waals surface area contributed by atoms with Crippen molar-refractivity contribution in [3.8, 4) is 0 Å². The van der Waals surface area contributed by atoms with Gasteiger partial charge in [0.15, 0.2) is 0 Å². The number of rotatable bonds is 6. The van der Waals surface area contributed by atoms with Crippen LogP contribution >= 0.6 is 0 Å². The first kappa shape index (κ1) is 12.7. The van der Waals surface area contributed by atoms with Crippen LogP contribution in [0.1, 0.15) is 19.4 Å². The van der Waals surface area contributed by atoms with Gasteiger partial charge in [-0.25, -0.2) is 0 Å². The molecule has 1 rings (SSSR count). The Hall–Kier alpha value is -1.35. The highest BCUT2D eigenvalue weighted by atomic mass is 16.1. The number of hydrogen-bond donors (Lipinski definition) is 2. The number of hydrogen-bond acceptors (Lipinski definition) is 2. The highest BCUT2D eigenvalue weighted by Gasteiger charge is 2.10. The van der Waals surface area contributed by atoms with Gasteiger partial charge in [0.2, 0.25) is 5.91 Å². The largest absolute Gasteiger partial charge is 0.369 e. The van der Waals surface area contributed by atoms with Crippen molar-refractivity contribution in [2.45, 2.75) is 26.3 Å². The average molecular weight is 220 g/mol. The molecule has 0 saturated heterocycles. The summed E-state index contributed by atoms with van der Waals surface area (Å²) in [5, 5.41) is 3.31. The Morgan fingerprint density at radius 1 is 1.31 bits per heavy atom. The van der Waals surface area contributed by atoms with Crippen LogP contribution < -0.4 is 11.1 Å². The number of benzene rings is 1. The molecular weight excluding hydrogens is 200 g/mol. The quantitative estimate of drug-likeness (QED) is 0.760. The number of nitrogens with one attached hydrogen (secondary N) is 1. The predicted octanol–water partition coefficient (Wildman–Crippen LogP) is 1.33. The molecule has 2 atom stereocenters. The molecule has 1 aromatic carbocycles. The van der Waals surface area contributed by atoms with Crippen LogP contribution in [-0.4, -0.2) is 18.5 Å². The van der Waals surface area contributed by atoms with E-state index in [2.05, 4.69) is 24.4 Å². The molecule has 0 saturated carbocycles. The van der Waals surface area contributed by atoms with E-state index in [1.54, 1.807) is 0 Å². The SMILES string of the molecule is CC(Cc1ccccc1)NCC(C)C(N)=O. The maximum atomic E-state index is 10.9. The van der Waals surface area contributed by atoms with Gasteiger partial charge in [-0.05, 0) is 18.9 Å². The molecule has 0 heterocycles. The molecule has 0 aliphatic carbocycles. The molecule has 0 aliphatic heterocycles. The smallest absolute Gasteiger partial charge is 0.221 e. The second kappa shape index (κ2) is 6.28. The lowest BCUT2D eigenvalue weighted by atomic mass is 10.1. The minimum Gasteiger partial charge on any atom is -0.369 e. The van der Waals surface area contributed by atoms with Gasteiger partial charge in [0, 0.05) is 18.5 Å². The van der Waals surface area contributed by atoms with Crippen LogP contribution in [0.5, 0.6) is 0 Å². The molecule has 3 nitrogen and oxygen atoms in total. The van der Waals surface area contributed by atoms with E-state index >= 15 is 0 Å². The van der Waals surface area contributed by atoms with E-state index in [1.165, 1.54) is 5.56 Å². The van der Waals surface area contributed by atoms with E-state index in [1.807, 2.05) is 25.1 Å². The molecular formula is C13H20N2O. The predicted molar refractivity (Wildman–Crippen MR) is 66.0 cm³/mol. The van der Waals surface area contributed by atoms with E-state index in [0.717, 1.165) is 6.42 Å². The molecule has 1 amide bonds. The standard InChI is InChI=1S/C13H20N2O/c1-10(13(14)16)9-15-11(2)8-12-6-4-3-5-7-12/h3-7,10-11,15H,8-9H2,1-2H3,(H2,14,16). The van der Waals surface area contributed by atoms with Gasteiger partial charge in [0.05, 0.1) is 0 Å². The number of carbonyl (C=O) groups excluding carboxylic acids is 1. The van der Waals surface area contributed by atoms with Crippen molar-refractivity contribution in [2.24, 2.45) is 11.7 Å². The lowest BCUT2D eigenvalue weighted by molar-refractivity contribution is -0.121. The van der Waals surface area contributed by atoms with E-state index in [-0.39, 0.29) is 11.8 Å². The van der Waals surface area contributed by atoms with Crippen LogP contribution in [0.15, 0.2) is 30.3 Å². The van der Waals surface area contributed by atoms with Crippen molar-refractivity contribution in [3.05, 3.63) is 35.9 Å². The Kier molecular flexibility index (Phi) is 4.99. The third kappa shape index (κ3) is 4.45. The van der Waals surface area contributed by atoms with Gasteiger partial charge in [-0.2, -0.15) is 0 Å². The second-order valence-corrected chi connectivity index (χ2v) is 4.30. The van der Waals surface area contributed by atoms with Gasteiger partial charge in [-0.3, -0.25) is 4.79 Å². The summed E-state index contributed by atoms with van der Waals surface area (Å²) >= 11 is 0. The third-order valence-corrected chi connectivity index (χ3v) is 2.64. The zero-order valence-electron chi connectivity index (χ0n) is 9.94. The molecule has 0 spiro atoms. The average Bonchev–Trinajstić information content (AvgIpc) is 2.27. The molecule has 0 aromatic heterocycles. The summed E-state index contributed by atoms with van der Waals surface area (Å²) in [4.78, 5) is 10.9. The Balaban J connectivity index is 2.31. The van der Waals surface area contributed by atoms with E-state index in [9.17, 15) is 4.79 Å². The van der Waals surface area contributed by atoms with Crippen LogP contribution in [0.25, 0.3) is 0 Å². The van der Waals surface area contributed by atoms with Crippen LogP contribution in [0, 0.1) is 5.92 Å². The molecule has 0 bridgehead atoms. The van der Waals surface area contributed by atoms with Crippen molar-refractivity contribution in [3.63, 3.8) is 0 Å². The Morgan fingerprint density at radius 3 is 2.50 bits per heavy atom. The van der Waals surface area contributed by atoms with E-state index < -0.39 is 0 Å². The third-order valence-electron chi connectivity index (χ3n) is 2.64. The molecule has 3 N–H and O–H groups in total. The fourth-order valence-electron chi connectivity index (χ4n) is 1.52. The molecule has 0 fully saturated rings. The van der Waals surface area contributed by atoms with Crippen molar-refractivity contribution < 1.29 is 4.79 Å². The fraction of sp³-hybridized carbons (Fsp3) is 0.462. The second-order valence-electron chi connectivity index (χ2n) is 4.30. The first-order valence-electron chi connectivity index (χ1n) is 5.66. The van der Waals surface area contributed by atoms with E-state index in [4.69, 9.17) is 5.73 Å². The highest BCUT2D eigenvalue weighted by molar-refractivity contribution is 5.76. The monoisotopic (exact) mass is 220 g/mol. The number of nitrogens with two attached hydrogens (primary N) is 1. The van der Waals surface area contributed by atoms with Crippen LogP contribution in [0.4, 0.5) is 0 Å². The summed E-state index contributed by atoms with van der Waals surface area (Å²) in [7, 11) is 0. The van der Waals surface area contributed by atoms with Crippen molar-refractivity contribution >= 4 is 5.91 Å². The van der Waals surface area contributed by atoms with Crippen LogP contribution in [0.3, 0.4) is 0 Å². The van der Waals surface area contributed by atoms with Crippen molar-refractivity contribution in [2.75, 3.05) is 6.54 Å². The lowest BCUT2D eigenvalue weighted by Gasteiger charge is -2.16. The molecule has 1 aromatic rings. The molecule has 0 radical (unpaired) electrons. The van der Waals surface area contributed by atoms with Gasteiger partial charge in [0.25, 0.3) is 0 Å². The summed E-state index contributed by atoms with van der Waals surface area (Å²) in [6, 6.07) is 10.6.